The molecule has 0 aromatic rings. The molecule has 54 heavy (non-hydrogen) atoms. The van der Waals surface area contributed by atoms with Crippen LogP contribution in [0.2, 0.25) is 0 Å². The zero-order valence-corrected chi connectivity index (χ0v) is 36.2. The van der Waals surface area contributed by atoms with Gasteiger partial charge in [-0.2, -0.15) is 0 Å². The van der Waals surface area contributed by atoms with Crippen LogP contribution in [-0.4, -0.2) is 37.9 Å². The van der Waals surface area contributed by atoms with Crippen molar-refractivity contribution in [3.8, 4) is 0 Å². The average Bonchev–Trinajstić information content (AvgIpc) is 3.17. The Hall–Kier alpha value is -1.88. The summed E-state index contributed by atoms with van der Waals surface area (Å²) in [5.41, 5.74) is 0. The van der Waals surface area contributed by atoms with Crippen LogP contribution in [0.4, 0.5) is 0 Å². The first kappa shape index (κ1) is 52.1. The van der Waals surface area contributed by atoms with Gasteiger partial charge >= 0.3 is 11.9 Å². The van der Waals surface area contributed by atoms with E-state index in [2.05, 4.69) is 57.2 Å². The summed E-state index contributed by atoms with van der Waals surface area (Å²) in [5, 5.41) is 0. The summed E-state index contributed by atoms with van der Waals surface area (Å²) in [6.07, 6.45) is 52.9. The number of esters is 2. The van der Waals surface area contributed by atoms with E-state index in [0.29, 0.717) is 19.4 Å². The molecule has 0 aliphatic rings. The molecule has 1 atom stereocenters. The Morgan fingerprint density at radius 1 is 0.426 bits per heavy atom. The lowest BCUT2D eigenvalue weighted by atomic mass is 10.0. The minimum Gasteiger partial charge on any atom is -0.462 e. The molecule has 1 unspecified atom stereocenters. The number of hydrogen-bond acceptors (Lipinski definition) is 5. The fraction of sp³-hybridized carbons (Fsp3) is 0.837. The lowest BCUT2D eigenvalue weighted by Gasteiger charge is -2.18. The molecule has 0 aromatic carbocycles. The number of hydrogen-bond donors (Lipinski definition) is 0. The second kappa shape index (κ2) is 45.5. The van der Waals surface area contributed by atoms with Crippen LogP contribution in [0.5, 0.6) is 0 Å². The van der Waals surface area contributed by atoms with E-state index in [-0.39, 0.29) is 25.2 Å². The van der Waals surface area contributed by atoms with Crippen molar-refractivity contribution in [2.24, 2.45) is 0 Å². The second-order valence-corrected chi connectivity index (χ2v) is 15.6. The Morgan fingerprint density at radius 3 is 1.33 bits per heavy atom. The first-order chi connectivity index (χ1) is 26.6. The summed E-state index contributed by atoms with van der Waals surface area (Å²) in [7, 11) is 0. The van der Waals surface area contributed by atoms with E-state index in [1.807, 2.05) is 0 Å². The van der Waals surface area contributed by atoms with E-state index in [1.165, 1.54) is 135 Å². The van der Waals surface area contributed by atoms with E-state index in [0.717, 1.165) is 70.6 Å². The third kappa shape index (κ3) is 42.9. The molecule has 0 saturated carbocycles. The van der Waals surface area contributed by atoms with Gasteiger partial charge in [0.1, 0.15) is 6.61 Å². The lowest BCUT2D eigenvalue weighted by molar-refractivity contribution is -0.163. The van der Waals surface area contributed by atoms with E-state index in [1.54, 1.807) is 0 Å². The van der Waals surface area contributed by atoms with Gasteiger partial charge in [0.2, 0.25) is 0 Å². The third-order valence-electron chi connectivity index (χ3n) is 10.2. The van der Waals surface area contributed by atoms with Crippen LogP contribution >= 0.6 is 0 Å². The molecule has 316 valence electrons. The molecule has 5 nitrogen and oxygen atoms in total. The normalized spacial score (nSPS) is 12.4. The molecule has 0 spiro atoms. The van der Waals surface area contributed by atoms with Gasteiger partial charge < -0.3 is 14.2 Å². The molecule has 0 fully saturated rings. The van der Waals surface area contributed by atoms with Crippen LogP contribution in [0.3, 0.4) is 0 Å². The number of carbonyl (C=O) groups is 2. The maximum Gasteiger partial charge on any atom is 0.306 e. The molecular weight excluding hydrogens is 669 g/mol. The summed E-state index contributed by atoms with van der Waals surface area (Å²) >= 11 is 0. The molecule has 0 rings (SSSR count). The van der Waals surface area contributed by atoms with Gasteiger partial charge in [-0.3, -0.25) is 9.59 Å². The zero-order chi connectivity index (χ0) is 39.3. The van der Waals surface area contributed by atoms with Crippen molar-refractivity contribution in [3.63, 3.8) is 0 Å². The predicted molar refractivity (Wildman–Crippen MR) is 233 cm³/mol. The molecule has 0 saturated heterocycles. The van der Waals surface area contributed by atoms with Crippen molar-refractivity contribution in [1.29, 1.82) is 0 Å². The summed E-state index contributed by atoms with van der Waals surface area (Å²) < 4.78 is 17.3. The van der Waals surface area contributed by atoms with Gasteiger partial charge in [0.25, 0.3) is 0 Å². The SMILES string of the molecule is CC/C=C\C/C=C\C/C=C\CCCCCC(=O)OC(COCCCCCCCCCCCC)COC(=O)CCCCCCCCCCCCCCCCC. The van der Waals surface area contributed by atoms with Gasteiger partial charge in [-0.25, -0.2) is 0 Å². The topological polar surface area (TPSA) is 61.8 Å². The van der Waals surface area contributed by atoms with Crippen molar-refractivity contribution in [2.45, 2.75) is 245 Å². The highest BCUT2D eigenvalue weighted by molar-refractivity contribution is 5.70. The number of ether oxygens (including phenoxy) is 3. The number of allylic oxidation sites excluding steroid dienone is 6. The largest absolute Gasteiger partial charge is 0.462 e. The summed E-state index contributed by atoms with van der Waals surface area (Å²) in [6, 6.07) is 0. The highest BCUT2D eigenvalue weighted by Gasteiger charge is 2.17. The molecule has 0 aliphatic heterocycles. The van der Waals surface area contributed by atoms with Crippen LogP contribution < -0.4 is 0 Å². The van der Waals surface area contributed by atoms with Gasteiger partial charge in [0, 0.05) is 19.4 Å². The quantitative estimate of drug-likeness (QED) is 0.0352. The average molecular weight is 759 g/mol. The first-order valence-electron chi connectivity index (χ1n) is 23.5. The van der Waals surface area contributed by atoms with Crippen LogP contribution in [-0.2, 0) is 23.8 Å². The van der Waals surface area contributed by atoms with Crippen LogP contribution in [0, 0.1) is 0 Å². The maximum atomic E-state index is 12.7. The van der Waals surface area contributed by atoms with E-state index >= 15 is 0 Å². The maximum absolute atomic E-state index is 12.7. The Balaban J connectivity index is 4.24. The van der Waals surface area contributed by atoms with E-state index < -0.39 is 6.10 Å². The van der Waals surface area contributed by atoms with Gasteiger partial charge in [0.05, 0.1) is 6.61 Å². The van der Waals surface area contributed by atoms with Crippen LogP contribution in [0.15, 0.2) is 36.5 Å². The molecule has 0 bridgehead atoms. The number of rotatable bonds is 43. The minimum atomic E-state index is -0.543. The Kier molecular flexibility index (Phi) is 43.9. The summed E-state index contributed by atoms with van der Waals surface area (Å²) in [5.74, 6) is -0.420. The molecule has 0 radical (unpaired) electrons. The van der Waals surface area contributed by atoms with Crippen molar-refractivity contribution >= 4 is 11.9 Å². The fourth-order valence-electron chi connectivity index (χ4n) is 6.70. The summed E-state index contributed by atoms with van der Waals surface area (Å²) in [4.78, 5) is 25.2. The van der Waals surface area contributed by atoms with Gasteiger partial charge in [0.15, 0.2) is 6.10 Å². The van der Waals surface area contributed by atoms with Crippen molar-refractivity contribution in [1.82, 2.24) is 0 Å². The Bertz CT molecular complexity index is 862. The minimum absolute atomic E-state index is 0.0788. The highest BCUT2D eigenvalue weighted by atomic mass is 16.6. The monoisotopic (exact) mass is 759 g/mol. The molecule has 0 amide bonds. The molecular formula is C49H90O5. The van der Waals surface area contributed by atoms with Crippen molar-refractivity contribution < 1.29 is 23.8 Å². The standard InChI is InChI=1S/C49H90O5/c1-4-7-10-13-16-19-22-24-25-27-28-30-33-36-39-42-48(50)53-46-47(45-52-44-41-38-35-32-21-18-15-12-9-6-3)54-49(51)43-40-37-34-31-29-26-23-20-17-14-11-8-5-2/h8,11,17,20,26,29,47H,4-7,9-10,12-16,18-19,21-25,27-28,30-46H2,1-3H3/b11-8-,20-17-,29-26-. The fourth-order valence-corrected chi connectivity index (χ4v) is 6.70. The van der Waals surface area contributed by atoms with Crippen molar-refractivity contribution in [3.05, 3.63) is 36.5 Å². The van der Waals surface area contributed by atoms with E-state index in [9.17, 15) is 9.59 Å². The van der Waals surface area contributed by atoms with Gasteiger partial charge in [-0.05, 0) is 51.4 Å². The molecule has 0 heterocycles. The Morgan fingerprint density at radius 2 is 0.833 bits per heavy atom. The smallest absolute Gasteiger partial charge is 0.306 e. The summed E-state index contributed by atoms with van der Waals surface area (Å²) in [6.45, 7) is 7.71. The van der Waals surface area contributed by atoms with Crippen LogP contribution in [0.1, 0.15) is 239 Å². The Labute approximate surface area is 336 Å². The second-order valence-electron chi connectivity index (χ2n) is 15.6. The van der Waals surface area contributed by atoms with Crippen LogP contribution in [0.25, 0.3) is 0 Å². The third-order valence-corrected chi connectivity index (χ3v) is 10.2. The molecule has 0 N–H and O–H groups in total. The predicted octanol–water partition coefficient (Wildman–Crippen LogP) is 15.4. The number of unbranched alkanes of at least 4 members (excludes halogenated alkanes) is 26. The number of carbonyl (C=O) groups excluding carboxylic acids is 2. The first-order valence-corrected chi connectivity index (χ1v) is 23.5. The van der Waals surface area contributed by atoms with Gasteiger partial charge in [-0.1, -0.05) is 211 Å². The van der Waals surface area contributed by atoms with E-state index in [4.69, 9.17) is 14.2 Å². The molecule has 0 aromatic heterocycles. The molecule has 0 aliphatic carbocycles. The van der Waals surface area contributed by atoms with Crippen molar-refractivity contribution in [2.75, 3.05) is 19.8 Å². The molecule has 5 heteroatoms. The van der Waals surface area contributed by atoms with Gasteiger partial charge in [-0.15, -0.1) is 0 Å². The highest BCUT2D eigenvalue weighted by Crippen LogP contribution is 2.15. The zero-order valence-electron chi connectivity index (χ0n) is 36.2. The lowest BCUT2D eigenvalue weighted by Crippen LogP contribution is -2.30.